The number of carbonyl (C=O) groups excluding carboxylic acids is 1. The summed E-state index contributed by atoms with van der Waals surface area (Å²) in [5.41, 5.74) is 1.33. The van der Waals surface area contributed by atoms with Crippen molar-refractivity contribution in [3.63, 3.8) is 0 Å². The predicted octanol–water partition coefficient (Wildman–Crippen LogP) is 5.27. The van der Waals surface area contributed by atoms with Crippen molar-refractivity contribution in [1.29, 1.82) is 0 Å². The first kappa shape index (κ1) is 19.5. The first-order valence-electron chi connectivity index (χ1n) is 11.3. The molecule has 4 rings (SSSR count). The number of allylic oxidation sites excluding steroid dienone is 1. The summed E-state index contributed by atoms with van der Waals surface area (Å²) < 4.78 is 6.08. The van der Waals surface area contributed by atoms with Gasteiger partial charge in [0.15, 0.2) is 0 Å². The topological polar surface area (TPSA) is 46.5 Å². The van der Waals surface area contributed by atoms with E-state index >= 15 is 0 Å². The van der Waals surface area contributed by atoms with Crippen molar-refractivity contribution in [3.8, 4) is 0 Å². The lowest BCUT2D eigenvalue weighted by atomic mass is 9.44. The summed E-state index contributed by atoms with van der Waals surface area (Å²) in [7, 11) is 0. The molecule has 4 aliphatic rings. The van der Waals surface area contributed by atoms with Crippen molar-refractivity contribution >= 4 is 5.97 Å². The predicted molar refractivity (Wildman–Crippen MR) is 107 cm³/mol. The van der Waals surface area contributed by atoms with Gasteiger partial charge in [-0.1, -0.05) is 32.4 Å². The third-order valence-corrected chi connectivity index (χ3v) is 9.73. The second kappa shape index (κ2) is 6.61. The van der Waals surface area contributed by atoms with Crippen LogP contribution < -0.4 is 0 Å². The van der Waals surface area contributed by atoms with Crippen molar-refractivity contribution in [2.45, 2.75) is 91.1 Å². The van der Waals surface area contributed by atoms with Crippen LogP contribution in [0.15, 0.2) is 11.6 Å². The molecule has 0 amide bonds. The van der Waals surface area contributed by atoms with Crippen molar-refractivity contribution < 1.29 is 14.6 Å². The molecule has 7 atom stereocenters. The average molecular weight is 375 g/mol. The fraction of sp³-hybridized carbons (Fsp3) is 0.875. The number of fused-ring (bicyclic) bond motifs is 5. The Hall–Kier alpha value is -0.830. The van der Waals surface area contributed by atoms with Gasteiger partial charge in [0.05, 0.1) is 6.61 Å². The van der Waals surface area contributed by atoms with Crippen LogP contribution in [0.1, 0.15) is 85.5 Å². The van der Waals surface area contributed by atoms with Crippen LogP contribution >= 0.6 is 0 Å². The molecule has 0 spiro atoms. The zero-order valence-corrected chi connectivity index (χ0v) is 17.7. The van der Waals surface area contributed by atoms with Gasteiger partial charge in [0.25, 0.3) is 0 Å². The van der Waals surface area contributed by atoms with Gasteiger partial charge >= 0.3 is 5.97 Å². The number of hydrogen-bond donors (Lipinski definition) is 1. The van der Waals surface area contributed by atoms with Gasteiger partial charge in [-0.25, -0.2) is 0 Å². The minimum atomic E-state index is -0.323. The van der Waals surface area contributed by atoms with Crippen LogP contribution in [0.25, 0.3) is 0 Å². The number of hydrogen-bond acceptors (Lipinski definition) is 3. The number of aliphatic hydroxyl groups is 1. The summed E-state index contributed by atoms with van der Waals surface area (Å²) in [6.07, 6.45) is 12.2. The van der Waals surface area contributed by atoms with E-state index in [4.69, 9.17) is 4.74 Å². The zero-order chi connectivity index (χ0) is 19.4. The minimum absolute atomic E-state index is 0.0155. The molecular formula is C24H38O3. The zero-order valence-electron chi connectivity index (χ0n) is 17.7. The molecule has 0 aromatic rings. The number of carbonyl (C=O) groups is 1. The maximum absolute atomic E-state index is 12.1. The summed E-state index contributed by atoms with van der Waals surface area (Å²) in [5.74, 6) is 2.40. The smallest absolute Gasteiger partial charge is 0.306 e. The van der Waals surface area contributed by atoms with Crippen LogP contribution in [0.2, 0.25) is 0 Å². The monoisotopic (exact) mass is 374 g/mol. The third kappa shape index (κ3) is 2.52. The number of esters is 1. The maximum atomic E-state index is 12.1. The molecule has 3 fully saturated rings. The highest BCUT2D eigenvalue weighted by atomic mass is 16.6. The Labute approximate surface area is 164 Å². The van der Waals surface area contributed by atoms with Gasteiger partial charge < -0.3 is 9.84 Å². The van der Waals surface area contributed by atoms with Crippen LogP contribution in [0.4, 0.5) is 0 Å². The molecule has 0 bridgehead atoms. The largest absolute Gasteiger partial charge is 0.459 e. The fourth-order valence-electron chi connectivity index (χ4n) is 7.95. The highest BCUT2D eigenvalue weighted by molar-refractivity contribution is 5.69. The summed E-state index contributed by atoms with van der Waals surface area (Å²) in [4.78, 5) is 12.1. The molecule has 3 nitrogen and oxygen atoms in total. The van der Waals surface area contributed by atoms with E-state index in [1.54, 1.807) is 5.57 Å². The Morgan fingerprint density at radius 1 is 1.19 bits per heavy atom. The van der Waals surface area contributed by atoms with Gasteiger partial charge in [0.2, 0.25) is 0 Å². The first-order valence-corrected chi connectivity index (χ1v) is 11.3. The van der Waals surface area contributed by atoms with Crippen molar-refractivity contribution in [1.82, 2.24) is 0 Å². The second-order valence-corrected chi connectivity index (χ2v) is 10.4. The molecule has 4 aliphatic carbocycles. The third-order valence-electron chi connectivity index (χ3n) is 9.73. The van der Waals surface area contributed by atoms with E-state index in [9.17, 15) is 9.90 Å². The molecule has 0 aromatic carbocycles. The number of ether oxygens (including phenoxy) is 1. The fourth-order valence-corrected chi connectivity index (χ4v) is 7.95. The second-order valence-electron chi connectivity index (χ2n) is 10.4. The standard InChI is InChI=1S/C24H38O3/c1-5-21(26)27-23(4)14-12-19-18-10-9-17-8-6-7-16(2)24(17,15-25)20(18)11-13-22(19,23)3/h8,16,18-20,25H,5-7,9-15H2,1-4H3/t16-,18-,19-,20-,22-,23-,24-/m0/s1. The Morgan fingerprint density at radius 3 is 2.63 bits per heavy atom. The van der Waals surface area contributed by atoms with Crippen molar-refractivity contribution in [3.05, 3.63) is 11.6 Å². The number of aliphatic hydroxyl groups excluding tert-OH is 1. The first-order chi connectivity index (χ1) is 12.8. The van der Waals surface area contributed by atoms with E-state index < -0.39 is 0 Å². The minimum Gasteiger partial charge on any atom is -0.459 e. The van der Waals surface area contributed by atoms with Gasteiger partial charge in [-0.2, -0.15) is 0 Å². The normalized spacial score (nSPS) is 48.9. The number of rotatable bonds is 3. The van der Waals surface area contributed by atoms with Gasteiger partial charge in [-0.3, -0.25) is 4.79 Å². The lowest BCUT2D eigenvalue weighted by Crippen LogP contribution is -2.57. The molecule has 152 valence electrons. The van der Waals surface area contributed by atoms with Crippen LogP contribution in [-0.2, 0) is 9.53 Å². The Kier molecular flexibility index (Phi) is 4.77. The average Bonchev–Trinajstić information content (AvgIpc) is 2.92. The maximum Gasteiger partial charge on any atom is 0.306 e. The summed E-state index contributed by atoms with van der Waals surface area (Å²) in [6, 6.07) is 0. The van der Waals surface area contributed by atoms with E-state index in [1.807, 2.05) is 6.92 Å². The van der Waals surface area contributed by atoms with Crippen LogP contribution in [0, 0.1) is 34.5 Å². The molecule has 0 unspecified atom stereocenters. The van der Waals surface area contributed by atoms with Crippen LogP contribution in [0.5, 0.6) is 0 Å². The summed E-state index contributed by atoms with van der Waals surface area (Å²) in [5, 5.41) is 10.6. The lowest BCUT2D eigenvalue weighted by Gasteiger charge is -2.61. The summed E-state index contributed by atoms with van der Waals surface area (Å²) in [6.45, 7) is 9.17. The van der Waals surface area contributed by atoms with E-state index in [0.29, 0.717) is 36.7 Å². The van der Waals surface area contributed by atoms with Gasteiger partial charge in [0.1, 0.15) is 5.60 Å². The molecule has 1 N–H and O–H groups in total. The molecule has 3 heteroatoms. The lowest BCUT2D eigenvalue weighted by molar-refractivity contribution is -0.182. The quantitative estimate of drug-likeness (QED) is 0.541. The van der Waals surface area contributed by atoms with E-state index in [2.05, 4.69) is 26.8 Å². The Bertz CT molecular complexity index is 640. The van der Waals surface area contributed by atoms with Crippen LogP contribution in [-0.4, -0.2) is 23.3 Å². The van der Waals surface area contributed by atoms with Gasteiger partial charge in [-0.15, -0.1) is 0 Å². The molecular weight excluding hydrogens is 336 g/mol. The molecule has 0 aliphatic heterocycles. The van der Waals surface area contributed by atoms with E-state index in [0.717, 1.165) is 19.3 Å². The highest BCUT2D eigenvalue weighted by Crippen LogP contribution is 2.69. The molecule has 27 heavy (non-hydrogen) atoms. The van der Waals surface area contributed by atoms with Gasteiger partial charge in [-0.05, 0) is 82.0 Å². The van der Waals surface area contributed by atoms with E-state index in [-0.39, 0.29) is 22.4 Å². The molecule has 0 radical (unpaired) electrons. The SMILES string of the molecule is CCC(=O)O[C@@]1(C)CC[C@H]2[C@@H]3CCC4=CCC[C@H](C)[C@]4(CO)[C@H]3CC[C@@]21C. The Morgan fingerprint density at radius 2 is 1.93 bits per heavy atom. The highest BCUT2D eigenvalue weighted by Gasteiger charge is 2.65. The van der Waals surface area contributed by atoms with Crippen molar-refractivity contribution in [2.24, 2.45) is 34.5 Å². The molecule has 0 heterocycles. The van der Waals surface area contributed by atoms with Crippen LogP contribution in [0.3, 0.4) is 0 Å². The van der Waals surface area contributed by atoms with Crippen molar-refractivity contribution in [2.75, 3.05) is 6.61 Å². The Balaban J connectivity index is 1.67. The van der Waals surface area contributed by atoms with E-state index in [1.165, 1.54) is 32.1 Å². The molecule has 3 saturated carbocycles. The summed E-state index contributed by atoms with van der Waals surface area (Å²) >= 11 is 0. The molecule has 0 aromatic heterocycles. The molecule has 0 saturated heterocycles. The van der Waals surface area contributed by atoms with Gasteiger partial charge in [0, 0.05) is 17.3 Å².